The Balaban J connectivity index is 1.76. The SMILES string of the molecule is CC1CCC(Sc2cc(C(=O)Nc3ccc(F)c(F)c3)ccc2C#N)CC1. The van der Waals surface area contributed by atoms with Crippen molar-refractivity contribution in [2.24, 2.45) is 5.92 Å². The highest BCUT2D eigenvalue weighted by atomic mass is 32.2. The van der Waals surface area contributed by atoms with Crippen LogP contribution in [-0.4, -0.2) is 11.2 Å². The third kappa shape index (κ3) is 4.86. The number of nitriles is 1. The molecule has 1 N–H and O–H groups in total. The molecule has 0 unspecified atom stereocenters. The van der Waals surface area contributed by atoms with Crippen LogP contribution in [0.3, 0.4) is 0 Å². The van der Waals surface area contributed by atoms with Gasteiger partial charge in [-0.1, -0.05) is 6.92 Å². The van der Waals surface area contributed by atoms with Crippen molar-refractivity contribution in [1.82, 2.24) is 0 Å². The summed E-state index contributed by atoms with van der Waals surface area (Å²) in [6.45, 7) is 2.25. The lowest BCUT2D eigenvalue weighted by molar-refractivity contribution is 0.102. The molecule has 2 aromatic rings. The van der Waals surface area contributed by atoms with Gasteiger partial charge >= 0.3 is 0 Å². The van der Waals surface area contributed by atoms with E-state index < -0.39 is 17.5 Å². The van der Waals surface area contributed by atoms with Crippen molar-refractivity contribution in [2.45, 2.75) is 42.8 Å². The van der Waals surface area contributed by atoms with E-state index in [-0.39, 0.29) is 5.69 Å². The molecule has 1 saturated carbocycles. The molecule has 1 fully saturated rings. The average Bonchev–Trinajstić information content (AvgIpc) is 2.66. The molecule has 0 bridgehead atoms. The summed E-state index contributed by atoms with van der Waals surface area (Å²) in [4.78, 5) is 13.3. The van der Waals surface area contributed by atoms with Crippen molar-refractivity contribution in [3.05, 3.63) is 59.2 Å². The first kappa shape index (κ1) is 19.4. The summed E-state index contributed by atoms with van der Waals surface area (Å²) in [5.74, 6) is -1.67. The van der Waals surface area contributed by atoms with Crippen molar-refractivity contribution in [1.29, 1.82) is 5.26 Å². The summed E-state index contributed by atoms with van der Waals surface area (Å²) in [6, 6.07) is 10.3. The number of anilines is 1. The van der Waals surface area contributed by atoms with Crippen LogP contribution in [0.25, 0.3) is 0 Å². The second-order valence-corrected chi connectivity index (χ2v) is 8.25. The topological polar surface area (TPSA) is 52.9 Å². The predicted octanol–water partition coefficient (Wildman–Crippen LogP) is 5.76. The fraction of sp³-hybridized carbons (Fsp3) is 0.333. The number of amides is 1. The van der Waals surface area contributed by atoms with Gasteiger partial charge in [0.1, 0.15) is 6.07 Å². The van der Waals surface area contributed by atoms with Gasteiger partial charge in [0.2, 0.25) is 0 Å². The Labute approximate surface area is 161 Å². The maximum absolute atomic E-state index is 13.3. The quantitative estimate of drug-likeness (QED) is 0.727. The van der Waals surface area contributed by atoms with E-state index in [2.05, 4.69) is 18.3 Å². The molecule has 140 valence electrons. The van der Waals surface area contributed by atoms with Crippen molar-refractivity contribution in [2.75, 3.05) is 5.32 Å². The van der Waals surface area contributed by atoms with E-state index in [9.17, 15) is 18.8 Å². The number of thioether (sulfide) groups is 1. The van der Waals surface area contributed by atoms with Crippen LogP contribution in [0, 0.1) is 28.9 Å². The van der Waals surface area contributed by atoms with Crippen LogP contribution in [0.5, 0.6) is 0 Å². The smallest absolute Gasteiger partial charge is 0.255 e. The monoisotopic (exact) mass is 386 g/mol. The van der Waals surface area contributed by atoms with Gasteiger partial charge in [0.05, 0.1) is 5.56 Å². The van der Waals surface area contributed by atoms with Crippen molar-refractivity contribution in [3.63, 3.8) is 0 Å². The Morgan fingerprint density at radius 1 is 1.11 bits per heavy atom. The molecule has 0 saturated heterocycles. The summed E-state index contributed by atoms with van der Waals surface area (Å²) in [6.07, 6.45) is 4.55. The van der Waals surface area contributed by atoms with Gasteiger partial charge < -0.3 is 5.32 Å². The molecule has 0 heterocycles. The van der Waals surface area contributed by atoms with Gasteiger partial charge in [-0.2, -0.15) is 5.26 Å². The number of halogens is 2. The first-order valence-electron chi connectivity index (χ1n) is 8.93. The van der Waals surface area contributed by atoms with Crippen molar-refractivity contribution >= 4 is 23.4 Å². The number of rotatable bonds is 4. The molecule has 0 radical (unpaired) electrons. The molecule has 6 heteroatoms. The molecule has 2 aromatic carbocycles. The minimum atomic E-state index is -1.02. The van der Waals surface area contributed by atoms with Gasteiger partial charge in [0.25, 0.3) is 5.91 Å². The largest absolute Gasteiger partial charge is 0.322 e. The van der Waals surface area contributed by atoms with E-state index in [0.717, 1.165) is 35.8 Å². The van der Waals surface area contributed by atoms with E-state index in [1.807, 2.05) is 0 Å². The third-order valence-electron chi connectivity index (χ3n) is 4.80. The maximum atomic E-state index is 13.3. The van der Waals surface area contributed by atoms with Gasteiger partial charge in [0, 0.05) is 27.5 Å². The Hall–Kier alpha value is -2.39. The zero-order valence-electron chi connectivity index (χ0n) is 15.0. The van der Waals surface area contributed by atoms with Crippen LogP contribution in [0.1, 0.15) is 48.5 Å². The summed E-state index contributed by atoms with van der Waals surface area (Å²) >= 11 is 1.65. The van der Waals surface area contributed by atoms with Gasteiger partial charge in [-0.05, 0) is 61.9 Å². The predicted molar refractivity (Wildman–Crippen MR) is 103 cm³/mol. The van der Waals surface area contributed by atoms with Crippen LogP contribution in [0.2, 0.25) is 0 Å². The average molecular weight is 386 g/mol. The summed E-state index contributed by atoms with van der Waals surface area (Å²) in [5.41, 5.74) is 1.10. The Bertz CT molecular complexity index is 886. The molecule has 0 spiro atoms. The van der Waals surface area contributed by atoms with Gasteiger partial charge in [-0.3, -0.25) is 4.79 Å². The normalized spacial score (nSPS) is 19.3. The van der Waals surface area contributed by atoms with Gasteiger partial charge in [0.15, 0.2) is 11.6 Å². The summed E-state index contributed by atoms with van der Waals surface area (Å²) in [7, 11) is 0. The number of carbonyl (C=O) groups excluding carboxylic acids is 1. The highest BCUT2D eigenvalue weighted by Gasteiger charge is 2.21. The van der Waals surface area contributed by atoms with E-state index in [1.54, 1.807) is 30.0 Å². The molecule has 0 aromatic heterocycles. The van der Waals surface area contributed by atoms with Crippen LogP contribution < -0.4 is 5.32 Å². The lowest BCUT2D eigenvalue weighted by Gasteiger charge is -2.26. The molecule has 1 amide bonds. The molecular weight excluding hydrogens is 366 g/mol. The lowest BCUT2D eigenvalue weighted by Crippen LogP contribution is -2.15. The Morgan fingerprint density at radius 2 is 1.85 bits per heavy atom. The van der Waals surface area contributed by atoms with E-state index >= 15 is 0 Å². The Morgan fingerprint density at radius 3 is 2.52 bits per heavy atom. The standard InChI is InChI=1S/C21H20F2N2OS/c1-13-2-7-17(8-3-13)27-20-10-14(4-5-15(20)12-24)21(26)25-16-6-9-18(22)19(23)11-16/h4-6,9-11,13,17H,2-3,7-8H2,1H3,(H,25,26). The molecule has 1 aliphatic carbocycles. The number of hydrogen-bond acceptors (Lipinski definition) is 3. The zero-order valence-corrected chi connectivity index (χ0v) is 15.8. The van der Waals surface area contributed by atoms with Gasteiger partial charge in [-0.25, -0.2) is 8.78 Å². The second kappa shape index (κ2) is 8.53. The summed E-state index contributed by atoms with van der Waals surface area (Å²) in [5, 5.41) is 12.4. The molecule has 3 rings (SSSR count). The van der Waals surface area contributed by atoms with E-state index in [4.69, 9.17) is 0 Å². The fourth-order valence-corrected chi connectivity index (χ4v) is 4.46. The summed E-state index contributed by atoms with van der Waals surface area (Å²) < 4.78 is 26.3. The Kier molecular flexibility index (Phi) is 6.12. The van der Waals surface area contributed by atoms with Crippen molar-refractivity contribution in [3.8, 4) is 6.07 Å². The fourth-order valence-electron chi connectivity index (χ4n) is 3.16. The highest BCUT2D eigenvalue weighted by Crippen LogP contribution is 2.37. The maximum Gasteiger partial charge on any atom is 0.255 e. The number of nitrogens with one attached hydrogen (secondary N) is 1. The van der Waals surface area contributed by atoms with E-state index in [1.165, 1.54) is 18.9 Å². The van der Waals surface area contributed by atoms with Crippen LogP contribution in [0.15, 0.2) is 41.3 Å². The van der Waals surface area contributed by atoms with Crippen molar-refractivity contribution < 1.29 is 13.6 Å². The molecule has 1 aliphatic rings. The lowest BCUT2D eigenvalue weighted by atomic mass is 9.91. The van der Waals surface area contributed by atoms with Crippen LogP contribution >= 0.6 is 11.8 Å². The zero-order chi connectivity index (χ0) is 19.4. The third-order valence-corrected chi connectivity index (χ3v) is 6.19. The number of benzene rings is 2. The molecular formula is C21H20F2N2OS. The molecule has 3 nitrogen and oxygen atoms in total. The molecule has 0 aliphatic heterocycles. The number of nitrogens with zero attached hydrogens (tertiary/aromatic N) is 1. The molecule has 0 atom stereocenters. The first-order valence-corrected chi connectivity index (χ1v) is 9.81. The van der Waals surface area contributed by atoms with Gasteiger partial charge in [-0.15, -0.1) is 11.8 Å². The minimum absolute atomic E-state index is 0.179. The van der Waals surface area contributed by atoms with E-state index in [0.29, 0.717) is 16.4 Å². The highest BCUT2D eigenvalue weighted by molar-refractivity contribution is 8.00. The minimum Gasteiger partial charge on any atom is -0.322 e. The second-order valence-electron chi connectivity index (χ2n) is 6.91. The number of carbonyl (C=O) groups is 1. The molecule has 27 heavy (non-hydrogen) atoms. The van der Waals surface area contributed by atoms with Crippen LogP contribution in [-0.2, 0) is 0 Å². The number of hydrogen-bond donors (Lipinski definition) is 1. The van der Waals surface area contributed by atoms with Crippen LogP contribution in [0.4, 0.5) is 14.5 Å². The first-order chi connectivity index (χ1) is 13.0.